The van der Waals surface area contributed by atoms with Crippen LogP contribution in [0.15, 0.2) is 0 Å². The van der Waals surface area contributed by atoms with Gasteiger partial charge in [-0.05, 0) is 0 Å². The first kappa shape index (κ1) is 14.9. The second-order valence-corrected chi connectivity index (χ2v) is 6.99. The molecular formula is C11H19EuO2. The summed E-state index contributed by atoms with van der Waals surface area (Å²) in [6.45, 7) is 11.1. The van der Waals surface area contributed by atoms with Gasteiger partial charge in [-0.25, -0.2) is 0 Å². The van der Waals surface area contributed by atoms with E-state index in [-0.39, 0.29) is 11.6 Å². The van der Waals surface area contributed by atoms with Gasteiger partial charge in [-0.1, -0.05) is 0 Å². The van der Waals surface area contributed by atoms with E-state index in [1.165, 1.54) is 47.0 Å². The van der Waals surface area contributed by atoms with E-state index < -0.39 is 11.1 Å². The molecule has 0 atom stereocenters. The van der Waals surface area contributed by atoms with Crippen molar-refractivity contribution in [3.63, 3.8) is 0 Å². The van der Waals surface area contributed by atoms with Crippen molar-refractivity contribution in [1.29, 1.82) is 0 Å². The molecule has 0 heterocycles. The molecule has 0 fully saturated rings. The fourth-order valence-corrected chi connectivity index (χ4v) is 2.98. The summed E-state index contributed by atoms with van der Waals surface area (Å²) in [5.41, 5.74) is -0.833. The van der Waals surface area contributed by atoms with Gasteiger partial charge < -0.3 is 0 Å². The minimum atomic E-state index is -0.435. The molecular weight excluding hydrogens is 316 g/mol. The van der Waals surface area contributed by atoms with E-state index in [1.54, 1.807) is 0 Å². The predicted octanol–water partition coefficient (Wildman–Crippen LogP) is 2.55. The minimum absolute atomic E-state index is 0.0501. The van der Waals surface area contributed by atoms with E-state index in [2.05, 4.69) is 0 Å². The fraction of sp³-hybridized carbons (Fsp3) is 0.818. The summed E-state index contributed by atoms with van der Waals surface area (Å²) < 4.78 is -0.435. The fourth-order valence-electron chi connectivity index (χ4n) is 0.879. The Kier molecular flexibility index (Phi) is 5.16. The van der Waals surface area contributed by atoms with Gasteiger partial charge in [0.05, 0.1) is 0 Å². The van der Waals surface area contributed by atoms with Crippen LogP contribution in [-0.4, -0.2) is 11.6 Å². The van der Waals surface area contributed by atoms with Crippen molar-refractivity contribution in [3.8, 4) is 0 Å². The maximum absolute atomic E-state index is 11.8. The Balaban J connectivity index is 4.74. The molecule has 3 heteroatoms. The van der Waals surface area contributed by atoms with Crippen LogP contribution < -0.4 is 0 Å². The second kappa shape index (κ2) is 4.84. The first-order valence-corrected chi connectivity index (χ1v) is 6.10. The Bertz CT molecular complexity index is 217. The van der Waals surface area contributed by atoms with Crippen molar-refractivity contribution in [2.24, 2.45) is 10.8 Å². The average molecular weight is 335 g/mol. The zero-order valence-electron chi connectivity index (χ0n) is 9.77. The number of ketones is 2. The summed E-state index contributed by atoms with van der Waals surface area (Å²) in [6, 6.07) is 0. The van der Waals surface area contributed by atoms with Crippen LogP contribution in [0.3, 0.4) is 0 Å². The van der Waals surface area contributed by atoms with Gasteiger partial charge in [0.25, 0.3) is 0 Å². The van der Waals surface area contributed by atoms with Gasteiger partial charge in [0.2, 0.25) is 0 Å². The number of hydrogen-bond acceptors (Lipinski definition) is 2. The van der Waals surface area contributed by atoms with E-state index in [1.807, 2.05) is 41.5 Å². The molecule has 14 heavy (non-hydrogen) atoms. The molecule has 0 aliphatic carbocycles. The van der Waals surface area contributed by atoms with Gasteiger partial charge in [-0.2, -0.15) is 0 Å². The summed E-state index contributed by atoms with van der Waals surface area (Å²) in [6.07, 6.45) is 0. The zero-order valence-corrected chi connectivity index (χ0v) is 12.2. The molecule has 0 N–H and O–H groups in total. The van der Waals surface area contributed by atoms with Crippen molar-refractivity contribution in [1.82, 2.24) is 0 Å². The monoisotopic (exact) mass is 336 g/mol. The van der Waals surface area contributed by atoms with Gasteiger partial charge in [-0.15, -0.1) is 0 Å². The molecule has 2 nitrogen and oxygen atoms in total. The summed E-state index contributed by atoms with van der Waals surface area (Å²) in [4.78, 5) is 23.7. The summed E-state index contributed by atoms with van der Waals surface area (Å²) in [5.74, 6) is 0.100. The first-order valence-electron chi connectivity index (χ1n) is 4.70. The Morgan fingerprint density at radius 1 is 0.857 bits per heavy atom. The predicted molar refractivity (Wildman–Crippen MR) is 52.7 cm³/mol. The Labute approximate surface area is 119 Å². The molecule has 0 unspecified atom stereocenters. The van der Waals surface area contributed by atoms with E-state index in [0.29, 0.717) is 0 Å². The van der Waals surface area contributed by atoms with Crippen LogP contribution in [0.2, 0.25) is 0.312 Å². The Morgan fingerprint density at radius 3 is 1.21 bits per heavy atom. The van der Waals surface area contributed by atoms with Crippen LogP contribution in [0.25, 0.3) is 0 Å². The number of Topliss-reactive ketones (excluding diaryl/α,β-unsaturated/α-hetero) is 2. The van der Waals surface area contributed by atoms with Crippen molar-refractivity contribution in [2.45, 2.75) is 41.9 Å². The first-order chi connectivity index (χ1) is 5.98. The molecule has 0 aliphatic heterocycles. The van der Waals surface area contributed by atoms with E-state index in [9.17, 15) is 9.59 Å². The molecule has 0 saturated carbocycles. The quantitative estimate of drug-likeness (QED) is 0.727. The van der Waals surface area contributed by atoms with Crippen molar-refractivity contribution < 1.29 is 56.6 Å². The van der Waals surface area contributed by atoms with Crippen molar-refractivity contribution in [3.05, 3.63) is 0 Å². The van der Waals surface area contributed by atoms with Crippen LogP contribution in [0, 0.1) is 57.8 Å². The van der Waals surface area contributed by atoms with E-state index in [0.717, 1.165) is 0 Å². The SMILES string of the molecule is CC(C)(C)C(=O)[CH]([Eu])C(=O)C(C)(C)C. The average Bonchev–Trinajstić information content (AvgIpc) is 1.97. The molecule has 0 bridgehead atoms. The van der Waals surface area contributed by atoms with Crippen LogP contribution in [0.1, 0.15) is 41.5 Å². The molecule has 0 saturated heterocycles. The van der Waals surface area contributed by atoms with Crippen molar-refractivity contribution >= 4 is 11.6 Å². The third kappa shape index (κ3) is 4.20. The van der Waals surface area contributed by atoms with Gasteiger partial charge in [0.15, 0.2) is 0 Å². The zero-order chi connectivity index (χ0) is 11.7. The second-order valence-electron chi connectivity index (χ2n) is 5.59. The van der Waals surface area contributed by atoms with Gasteiger partial charge >= 0.3 is 121 Å². The van der Waals surface area contributed by atoms with E-state index >= 15 is 0 Å². The topological polar surface area (TPSA) is 34.1 Å². The Morgan fingerprint density at radius 2 is 1.07 bits per heavy atom. The summed E-state index contributed by atoms with van der Waals surface area (Å²) >= 11 is 1.27. The molecule has 0 radical (unpaired) electrons. The van der Waals surface area contributed by atoms with Crippen LogP contribution in [0.4, 0.5) is 0 Å². The third-order valence-electron chi connectivity index (χ3n) is 1.94. The van der Waals surface area contributed by atoms with Crippen LogP contribution >= 0.6 is 0 Å². The van der Waals surface area contributed by atoms with Gasteiger partial charge in [0.1, 0.15) is 0 Å². The van der Waals surface area contributed by atoms with E-state index in [4.69, 9.17) is 0 Å². The number of rotatable bonds is 2. The molecule has 0 aromatic rings. The number of carbonyl (C=O) groups excluding carboxylic acids is 2. The third-order valence-corrected chi connectivity index (χ3v) is 3.21. The normalized spacial score (nSPS) is 13.1. The maximum atomic E-state index is 11.8. The standard InChI is InChI=1S/C11H19O2.Eu/c1-10(2,3)8(12)7-9(13)11(4,5)6;/h7H,1-6H3;. The molecule has 0 amide bonds. The molecule has 82 valence electrons. The number of hydrogen-bond donors (Lipinski definition) is 0. The van der Waals surface area contributed by atoms with Crippen molar-refractivity contribution in [2.75, 3.05) is 0 Å². The Hall–Kier alpha value is 0.924. The van der Waals surface area contributed by atoms with Gasteiger partial charge in [-0.3, -0.25) is 0 Å². The summed E-state index contributed by atoms with van der Waals surface area (Å²) in [5, 5.41) is 0. The molecule has 0 aromatic heterocycles. The molecule has 0 aliphatic rings. The molecule has 0 aromatic carbocycles. The van der Waals surface area contributed by atoms with Gasteiger partial charge in [0, 0.05) is 0 Å². The molecule has 0 rings (SSSR count). The summed E-state index contributed by atoms with van der Waals surface area (Å²) in [7, 11) is 0. The molecule has 0 spiro atoms. The number of carbonyl (C=O) groups is 2. The van der Waals surface area contributed by atoms with Crippen LogP contribution in [-0.2, 0) is 9.59 Å². The van der Waals surface area contributed by atoms with Crippen LogP contribution in [0.5, 0.6) is 0 Å².